The minimum absolute atomic E-state index is 0.0925. The molecule has 35 heavy (non-hydrogen) atoms. The Hall–Kier alpha value is -2.22. The lowest BCUT2D eigenvalue weighted by Crippen LogP contribution is -2.28. The molecule has 2 aromatic rings. The maximum Gasteiger partial charge on any atom is 0.195 e. The zero-order chi connectivity index (χ0) is 26.0. The van der Waals surface area contributed by atoms with Gasteiger partial charge in [0, 0.05) is 22.3 Å². The average Bonchev–Trinajstić information content (AvgIpc) is 2.85. The van der Waals surface area contributed by atoms with E-state index < -0.39 is 0 Å². The second kappa shape index (κ2) is 14.4. The fourth-order valence-corrected chi connectivity index (χ4v) is 5.26. The van der Waals surface area contributed by atoms with Gasteiger partial charge in [-0.2, -0.15) is 0 Å². The molecular weight excluding hydrogens is 428 g/mol. The summed E-state index contributed by atoms with van der Waals surface area (Å²) in [5, 5.41) is 0. The number of carbonyl (C=O) groups excluding carboxylic acids is 2. The monoisotopic (exact) mass is 476 g/mol. The van der Waals surface area contributed by atoms with Crippen LogP contribution in [0.3, 0.4) is 0 Å². The van der Waals surface area contributed by atoms with Crippen molar-refractivity contribution in [2.75, 3.05) is 0 Å². The lowest BCUT2D eigenvalue weighted by molar-refractivity contribution is 0.0975. The van der Waals surface area contributed by atoms with E-state index >= 15 is 0 Å². The van der Waals surface area contributed by atoms with E-state index in [2.05, 4.69) is 66.7 Å². The van der Waals surface area contributed by atoms with E-state index in [-0.39, 0.29) is 11.6 Å². The first-order chi connectivity index (χ1) is 16.9. The van der Waals surface area contributed by atoms with Crippen molar-refractivity contribution in [3.8, 4) is 0 Å². The molecule has 2 aromatic carbocycles. The number of benzene rings is 2. The van der Waals surface area contributed by atoms with Crippen molar-refractivity contribution in [1.29, 1.82) is 0 Å². The second-order valence-electron chi connectivity index (χ2n) is 9.97. The summed E-state index contributed by atoms with van der Waals surface area (Å²) in [6.45, 7) is 15.1. The Bertz CT molecular complexity index is 1010. The molecule has 0 radical (unpaired) electrons. The van der Waals surface area contributed by atoms with Gasteiger partial charge in [-0.3, -0.25) is 9.59 Å². The molecule has 0 atom stereocenters. The van der Waals surface area contributed by atoms with Crippen LogP contribution in [0.5, 0.6) is 0 Å². The van der Waals surface area contributed by atoms with Crippen LogP contribution in [0.25, 0.3) is 0 Å². The second-order valence-corrected chi connectivity index (χ2v) is 9.97. The molecule has 2 heteroatoms. The van der Waals surface area contributed by atoms with Crippen LogP contribution in [0.4, 0.5) is 0 Å². The largest absolute Gasteiger partial charge is 0.289 e. The maximum atomic E-state index is 14.2. The summed E-state index contributed by atoms with van der Waals surface area (Å²) in [5.41, 5.74) is 8.43. The van der Waals surface area contributed by atoms with Crippen molar-refractivity contribution in [3.05, 3.63) is 68.3 Å². The number of hydrogen-bond donors (Lipinski definition) is 0. The molecule has 0 saturated heterocycles. The van der Waals surface area contributed by atoms with Crippen LogP contribution in [0.2, 0.25) is 0 Å². The van der Waals surface area contributed by atoms with Gasteiger partial charge in [-0.1, -0.05) is 112 Å². The van der Waals surface area contributed by atoms with E-state index in [1.165, 1.54) is 18.4 Å². The highest BCUT2D eigenvalue weighted by Crippen LogP contribution is 2.38. The number of hydrogen-bond acceptors (Lipinski definition) is 2. The van der Waals surface area contributed by atoms with E-state index in [4.69, 9.17) is 0 Å². The molecule has 1 aliphatic rings. The van der Waals surface area contributed by atoms with Gasteiger partial charge >= 0.3 is 0 Å². The first kappa shape index (κ1) is 29.0. The summed E-state index contributed by atoms with van der Waals surface area (Å²) in [5.74, 6) is 0.194. The topological polar surface area (TPSA) is 34.1 Å². The van der Waals surface area contributed by atoms with Crippen molar-refractivity contribution < 1.29 is 9.59 Å². The van der Waals surface area contributed by atoms with Crippen LogP contribution in [0, 0.1) is 0 Å². The molecular formula is C33H48O2. The Labute approximate surface area is 214 Å². The SMILES string of the molecule is CCCC.CCCc1cc(CCC)c2c(c1CCC)C(=O)c1c(CCC)ccc(CCC)c1C2=O. The van der Waals surface area contributed by atoms with Crippen LogP contribution < -0.4 is 0 Å². The van der Waals surface area contributed by atoms with E-state index in [1.54, 1.807) is 0 Å². The summed E-state index contributed by atoms with van der Waals surface area (Å²) >= 11 is 0. The van der Waals surface area contributed by atoms with Crippen molar-refractivity contribution >= 4 is 11.6 Å². The molecule has 0 aromatic heterocycles. The highest BCUT2D eigenvalue weighted by Gasteiger charge is 2.37. The number of fused-ring (bicyclic) bond motifs is 2. The smallest absolute Gasteiger partial charge is 0.195 e. The van der Waals surface area contributed by atoms with Gasteiger partial charge in [-0.25, -0.2) is 0 Å². The third kappa shape index (κ3) is 6.32. The third-order valence-electron chi connectivity index (χ3n) is 6.97. The van der Waals surface area contributed by atoms with E-state index in [0.717, 1.165) is 92.0 Å². The van der Waals surface area contributed by atoms with Crippen LogP contribution in [0.15, 0.2) is 18.2 Å². The van der Waals surface area contributed by atoms with Crippen LogP contribution in [0.1, 0.15) is 153 Å². The molecule has 0 aliphatic heterocycles. The molecule has 2 nitrogen and oxygen atoms in total. The molecule has 1 aliphatic carbocycles. The molecule has 0 N–H and O–H groups in total. The maximum absolute atomic E-state index is 14.2. The van der Waals surface area contributed by atoms with Crippen molar-refractivity contribution in [1.82, 2.24) is 0 Å². The van der Waals surface area contributed by atoms with Gasteiger partial charge in [-0.15, -0.1) is 0 Å². The average molecular weight is 477 g/mol. The Morgan fingerprint density at radius 3 is 1.23 bits per heavy atom. The normalized spacial score (nSPS) is 12.2. The number of ketones is 2. The molecule has 0 fully saturated rings. The summed E-state index contributed by atoms with van der Waals surface area (Å²) in [7, 11) is 0. The zero-order valence-corrected chi connectivity index (χ0v) is 23.5. The number of carbonyl (C=O) groups is 2. The highest BCUT2D eigenvalue weighted by molar-refractivity contribution is 6.30. The fourth-order valence-electron chi connectivity index (χ4n) is 5.26. The minimum Gasteiger partial charge on any atom is -0.289 e. The molecule has 0 spiro atoms. The fraction of sp³-hybridized carbons (Fsp3) is 0.576. The highest BCUT2D eigenvalue weighted by atomic mass is 16.1. The lowest BCUT2D eigenvalue weighted by atomic mass is 9.73. The van der Waals surface area contributed by atoms with Gasteiger partial charge in [0.2, 0.25) is 0 Å². The Balaban J connectivity index is 0.00000100. The zero-order valence-electron chi connectivity index (χ0n) is 23.5. The quantitative estimate of drug-likeness (QED) is 0.276. The summed E-state index contributed by atoms with van der Waals surface area (Å²) < 4.78 is 0. The predicted molar refractivity (Wildman–Crippen MR) is 150 cm³/mol. The van der Waals surface area contributed by atoms with Gasteiger partial charge in [-0.05, 0) is 59.9 Å². The molecule has 0 unspecified atom stereocenters. The van der Waals surface area contributed by atoms with Gasteiger partial charge in [0.1, 0.15) is 0 Å². The van der Waals surface area contributed by atoms with E-state index in [0.29, 0.717) is 16.7 Å². The predicted octanol–water partition coefficient (Wildman–Crippen LogP) is 9.03. The van der Waals surface area contributed by atoms with E-state index in [9.17, 15) is 9.59 Å². The van der Waals surface area contributed by atoms with Crippen molar-refractivity contribution in [3.63, 3.8) is 0 Å². The Morgan fingerprint density at radius 1 is 0.429 bits per heavy atom. The van der Waals surface area contributed by atoms with Crippen LogP contribution in [-0.2, 0) is 32.1 Å². The molecule has 0 bridgehead atoms. The minimum atomic E-state index is 0.0925. The summed E-state index contributed by atoms with van der Waals surface area (Å²) in [4.78, 5) is 28.2. The van der Waals surface area contributed by atoms with Crippen molar-refractivity contribution in [2.45, 2.75) is 126 Å². The Kier molecular flexibility index (Phi) is 11.9. The van der Waals surface area contributed by atoms with Gasteiger partial charge in [0.25, 0.3) is 0 Å². The molecule has 0 amide bonds. The van der Waals surface area contributed by atoms with Gasteiger partial charge in [0.05, 0.1) is 0 Å². The lowest BCUT2D eigenvalue weighted by Gasteiger charge is -2.28. The number of unbranched alkanes of at least 4 members (excludes halogenated alkanes) is 1. The summed E-state index contributed by atoms with van der Waals surface area (Å²) in [6.07, 6.45) is 11.9. The third-order valence-corrected chi connectivity index (χ3v) is 6.97. The van der Waals surface area contributed by atoms with E-state index in [1.807, 2.05) is 0 Å². The molecule has 3 rings (SSSR count). The van der Waals surface area contributed by atoms with Crippen LogP contribution in [-0.4, -0.2) is 11.6 Å². The molecule has 0 heterocycles. The number of rotatable bonds is 11. The number of aryl methyl sites for hydroxylation is 4. The molecule has 0 saturated carbocycles. The van der Waals surface area contributed by atoms with Crippen LogP contribution >= 0.6 is 0 Å². The first-order valence-corrected chi connectivity index (χ1v) is 14.4. The Morgan fingerprint density at radius 2 is 0.800 bits per heavy atom. The standard InChI is InChI=1S/C29H38O2.C4H10/c1-6-11-19-16-17-20(12-7-2)25-24(19)28(30)26-22(14-9-4)18-21(13-8-3)23(15-10-5)27(26)29(25)31;1-3-4-2/h16-18H,6-15H2,1-5H3;3-4H2,1-2H3. The van der Waals surface area contributed by atoms with Gasteiger partial charge < -0.3 is 0 Å². The van der Waals surface area contributed by atoms with Crippen molar-refractivity contribution in [2.24, 2.45) is 0 Å². The first-order valence-electron chi connectivity index (χ1n) is 14.4. The molecule has 192 valence electrons. The van der Waals surface area contributed by atoms with Gasteiger partial charge in [0.15, 0.2) is 11.6 Å². The summed E-state index contributed by atoms with van der Waals surface area (Å²) in [6, 6.07) is 6.45.